The minimum Gasteiger partial charge on any atom is -0.325 e. The molecule has 3 N–H and O–H groups in total. The number of hydrogen-bond acceptors (Lipinski definition) is 4. The predicted molar refractivity (Wildman–Crippen MR) is 64.4 cm³/mol. The van der Waals surface area contributed by atoms with E-state index in [1.165, 1.54) is 0 Å². The molecule has 5 nitrogen and oxygen atoms in total. The minimum atomic E-state index is -3.28. The predicted octanol–water partition coefficient (Wildman–Crippen LogP) is 1.08. The normalized spacial score (nSPS) is 11.4. The van der Waals surface area contributed by atoms with Crippen molar-refractivity contribution in [1.29, 1.82) is 0 Å². The van der Waals surface area contributed by atoms with Crippen LogP contribution in [0, 0.1) is 0 Å². The van der Waals surface area contributed by atoms with E-state index in [0.29, 0.717) is 24.5 Å². The molecule has 0 saturated heterocycles. The van der Waals surface area contributed by atoms with Gasteiger partial charge in [0.25, 0.3) is 0 Å². The fourth-order valence-electron chi connectivity index (χ4n) is 1.19. The molecule has 6 heteroatoms. The van der Waals surface area contributed by atoms with Crippen LogP contribution in [0.2, 0.25) is 0 Å². The summed E-state index contributed by atoms with van der Waals surface area (Å²) in [5.74, 6) is 0.456. The first-order valence-corrected chi connectivity index (χ1v) is 6.89. The molecule has 1 rings (SSSR count). The summed E-state index contributed by atoms with van der Waals surface area (Å²) in [6.07, 6.45) is 1.49. The molecule has 0 bridgehead atoms. The van der Waals surface area contributed by atoms with Gasteiger partial charge < -0.3 is 5.73 Å². The van der Waals surface area contributed by atoms with E-state index < -0.39 is 10.0 Å². The highest BCUT2D eigenvalue weighted by Gasteiger charge is 2.10. The maximum Gasteiger partial charge on any atom is 0.233 e. The van der Waals surface area contributed by atoms with Crippen LogP contribution in [0.4, 0.5) is 5.82 Å². The highest BCUT2D eigenvalue weighted by atomic mass is 32.2. The number of aromatic nitrogens is 1. The summed E-state index contributed by atoms with van der Waals surface area (Å²) in [5.41, 5.74) is 6.09. The standard InChI is InChI=1S/C10H17N3O2S/c1-2-3-7-16(14,15)13-10-6-4-5-9(8-11)12-10/h4-6H,2-3,7-8,11H2,1H3,(H,12,13). The van der Waals surface area contributed by atoms with Gasteiger partial charge in [-0.25, -0.2) is 13.4 Å². The maximum absolute atomic E-state index is 11.6. The molecule has 0 aliphatic heterocycles. The van der Waals surface area contributed by atoms with E-state index in [4.69, 9.17) is 5.73 Å². The van der Waals surface area contributed by atoms with Gasteiger partial charge in [-0.1, -0.05) is 19.4 Å². The zero-order valence-electron chi connectivity index (χ0n) is 9.31. The molecule has 90 valence electrons. The number of nitrogens with one attached hydrogen (secondary N) is 1. The number of hydrogen-bond donors (Lipinski definition) is 2. The van der Waals surface area contributed by atoms with Gasteiger partial charge in [-0.3, -0.25) is 4.72 Å². The van der Waals surface area contributed by atoms with Gasteiger partial charge in [0.2, 0.25) is 10.0 Å². The molecule has 16 heavy (non-hydrogen) atoms. The smallest absolute Gasteiger partial charge is 0.233 e. The summed E-state index contributed by atoms with van der Waals surface area (Å²) in [6.45, 7) is 2.24. The van der Waals surface area contributed by atoms with Gasteiger partial charge in [-0.05, 0) is 18.6 Å². The average Bonchev–Trinajstić information content (AvgIpc) is 2.26. The van der Waals surface area contributed by atoms with E-state index in [1.54, 1.807) is 18.2 Å². The van der Waals surface area contributed by atoms with Crippen molar-refractivity contribution in [2.45, 2.75) is 26.3 Å². The van der Waals surface area contributed by atoms with Crippen molar-refractivity contribution in [2.75, 3.05) is 10.5 Å². The first-order chi connectivity index (χ1) is 7.57. The SMILES string of the molecule is CCCCS(=O)(=O)Nc1cccc(CN)n1. The number of nitrogens with two attached hydrogens (primary N) is 1. The largest absolute Gasteiger partial charge is 0.325 e. The minimum absolute atomic E-state index is 0.123. The molecule has 0 aliphatic carbocycles. The Kier molecular flexibility index (Phi) is 4.70. The zero-order chi connectivity index (χ0) is 12.0. The lowest BCUT2D eigenvalue weighted by Crippen LogP contribution is -2.17. The van der Waals surface area contributed by atoms with Crippen molar-refractivity contribution in [2.24, 2.45) is 5.73 Å². The highest BCUT2D eigenvalue weighted by molar-refractivity contribution is 7.92. The highest BCUT2D eigenvalue weighted by Crippen LogP contribution is 2.08. The van der Waals surface area contributed by atoms with Gasteiger partial charge in [0.05, 0.1) is 11.4 Å². The van der Waals surface area contributed by atoms with Crippen LogP contribution in [-0.2, 0) is 16.6 Å². The third-order valence-electron chi connectivity index (χ3n) is 2.04. The summed E-state index contributed by atoms with van der Waals surface area (Å²) in [7, 11) is -3.28. The topological polar surface area (TPSA) is 85.1 Å². The molecule has 0 saturated carbocycles. The van der Waals surface area contributed by atoms with Crippen molar-refractivity contribution in [3.8, 4) is 0 Å². The Morgan fingerprint density at radius 3 is 2.81 bits per heavy atom. The van der Waals surface area contributed by atoms with Gasteiger partial charge >= 0.3 is 0 Å². The summed E-state index contributed by atoms with van der Waals surface area (Å²) < 4.78 is 25.6. The molecule has 1 aromatic rings. The molecular weight excluding hydrogens is 226 g/mol. The Hall–Kier alpha value is -1.14. The number of unbranched alkanes of at least 4 members (excludes halogenated alkanes) is 1. The molecule has 0 amide bonds. The number of rotatable bonds is 6. The lowest BCUT2D eigenvalue weighted by atomic mass is 10.3. The van der Waals surface area contributed by atoms with Crippen LogP contribution in [0.15, 0.2) is 18.2 Å². The van der Waals surface area contributed by atoms with Gasteiger partial charge in [0, 0.05) is 6.54 Å². The molecular formula is C10H17N3O2S. The van der Waals surface area contributed by atoms with Crippen LogP contribution < -0.4 is 10.5 Å². The third-order valence-corrected chi connectivity index (χ3v) is 3.39. The quantitative estimate of drug-likeness (QED) is 0.783. The molecule has 0 atom stereocenters. The molecule has 0 aliphatic rings. The van der Waals surface area contributed by atoms with Gasteiger partial charge in [-0.2, -0.15) is 0 Å². The first-order valence-electron chi connectivity index (χ1n) is 5.24. The fourth-order valence-corrected chi connectivity index (χ4v) is 2.40. The Bertz CT molecular complexity index is 431. The van der Waals surface area contributed by atoms with E-state index in [-0.39, 0.29) is 5.75 Å². The molecule has 0 radical (unpaired) electrons. The summed E-state index contributed by atoms with van der Waals surface area (Å²) in [5, 5.41) is 0. The molecule has 0 unspecified atom stereocenters. The fraction of sp³-hybridized carbons (Fsp3) is 0.500. The van der Waals surface area contributed by atoms with Crippen LogP contribution >= 0.6 is 0 Å². The van der Waals surface area contributed by atoms with E-state index >= 15 is 0 Å². The van der Waals surface area contributed by atoms with E-state index in [0.717, 1.165) is 6.42 Å². The monoisotopic (exact) mass is 243 g/mol. The van der Waals surface area contributed by atoms with Crippen molar-refractivity contribution >= 4 is 15.8 Å². The second-order valence-electron chi connectivity index (χ2n) is 3.49. The van der Waals surface area contributed by atoms with Crippen LogP contribution in [0.3, 0.4) is 0 Å². The second kappa shape index (κ2) is 5.81. The summed E-state index contributed by atoms with van der Waals surface area (Å²) in [6, 6.07) is 5.10. The Morgan fingerprint density at radius 1 is 1.44 bits per heavy atom. The van der Waals surface area contributed by atoms with Crippen LogP contribution in [0.25, 0.3) is 0 Å². The number of pyridine rings is 1. The zero-order valence-corrected chi connectivity index (χ0v) is 10.1. The Labute approximate surface area is 96.1 Å². The lowest BCUT2D eigenvalue weighted by Gasteiger charge is -2.07. The average molecular weight is 243 g/mol. The van der Waals surface area contributed by atoms with E-state index in [2.05, 4.69) is 9.71 Å². The second-order valence-corrected chi connectivity index (χ2v) is 5.33. The van der Waals surface area contributed by atoms with Crippen LogP contribution in [0.5, 0.6) is 0 Å². The third kappa shape index (κ3) is 4.16. The lowest BCUT2D eigenvalue weighted by molar-refractivity contribution is 0.597. The molecule has 1 aromatic heterocycles. The molecule has 0 spiro atoms. The Balaban J connectivity index is 2.72. The van der Waals surface area contributed by atoms with Gasteiger partial charge in [0.15, 0.2) is 0 Å². The van der Waals surface area contributed by atoms with Gasteiger partial charge in [0.1, 0.15) is 5.82 Å². The Morgan fingerprint density at radius 2 is 2.19 bits per heavy atom. The first kappa shape index (κ1) is 12.9. The maximum atomic E-state index is 11.6. The van der Waals surface area contributed by atoms with Crippen molar-refractivity contribution < 1.29 is 8.42 Å². The summed E-state index contributed by atoms with van der Waals surface area (Å²) in [4.78, 5) is 4.07. The number of nitrogens with zero attached hydrogens (tertiary/aromatic N) is 1. The molecule has 0 fully saturated rings. The van der Waals surface area contributed by atoms with Crippen molar-refractivity contribution in [3.63, 3.8) is 0 Å². The molecule has 1 heterocycles. The van der Waals surface area contributed by atoms with Crippen molar-refractivity contribution in [3.05, 3.63) is 23.9 Å². The summed E-state index contributed by atoms with van der Waals surface area (Å²) >= 11 is 0. The number of anilines is 1. The van der Waals surface area contributed by atoms with Gasteiger partial charge in [-0.15, -0.1) is 0 Å². The van der Waals surface area contributed by atoms with E-state index in [9.17, 15) is 8.42 Å². The van der Waals surface area contributed by atoms with E-state index in [1.807, 2.05) is 6.92 Å². The van der Waals surface area contributed by atoms with Crippen molar-refractivity contribution in [1.82, 2.24) is 4.98 Å². The van der Waals surface area contributed by atoms with Crippen LogP contribution in [-0.4, -0.2) is 19.2 Å². The number of sulfonamides is 1. The molecule has 0 aromatic carbocycles. The van der Waals surface area contributed by atoms with Crippen LogP contribution in [0.1, 0.15) is 25.5 Å².